The van der Waals surface area contributed by atoms with Crippen LogP contribution in [0.3, 0.4) is 0 Å². The Morgan fingerprint density at radius 2 is 2.15 bits per heavy atom. The number of nitrogens with one attached hydrogen (secondary N) is 1. The van der Waals surface area contributed by atoms with Crippen molar-refractivity contribution in [3.63, 3.8) is 0 Å². The largest absolute Gasteiger partial charge is 0.379 e. The number of rotatable bonds is 5. The van der Waals surface area contributed by atoms with Crippen molar-refractivity contribution in [3.8, 4) is 0 Å². The molecule has 7 nitrogen and oxygen atoms in total. The number of hydrogen-bond donors (Lipinski definition) is 1. The Morgan fingerprint density at radius 3 is 2.77 bits per heavy atom. The first-order valence-corrected chi connectivity index (χ1v) is 8.93. The first-order chi connectivity index (χ1) is 12.4. The number of hydrogen-bond acceptors (Lipinski definition) is 5. The Balaban J connectivity index is 1.67. The van der Waals surface area contributed by atoms with E-state index >= 15 is 0 Å². The Morgan fingerprint density at radius 1 is 1.38 bits per heavy atom. The average Bonchev–Trinajstić information content (AvgIpc) is 3.08. The van der Waals surface area contributed by atoms with Crippen LogP contribution in [-0.4, -0.2) is 41.0 Å². The van der Waals surface area contributed by atoms with Gasteiger partial charge in [0.05, 0.1) is 30.5 Å². The highest BCUT2D eigenvalue weighted by Gasteiger charge is 2.29. The molecule has 26 heavy (non-hydrogen) atoms. The van der Waals surface area contributed by atoms with E-state index in [-0.39, 0.29) is 18.1 Å². The van der Waals surface area contributed by atoms with Crippen molar-refractivity contribution in [2.24, 2.45) is 7.05 Å². The first-order valence-electron chi connectivity index (χ1n) is 8.93. The monoisotopic (exact) mass is 361 g/mol. The fourth-order valence-corrected chi connectivity index (χ4v) is 3.27. The maximum absolute atomic E-state index is 12.7. The third-order valence-electron chi connectivity index (χ3n) is 5.26. The molecule has 3 heterocycles. The summed E-state index contributed by atoms with van der Waals surface area (Å²) in [5.41, 5.74) is 4.51. The van der Waals surface area contributed by atoms with Crippen molar-refractivity contribution in [1.82, 2.24) is 15.0 Å². The molecule has 0 aliphatic carbocycles. The number of ether oxygens (including phenoxy) is 2. The van der Waals surface area contributed by atoms with Crippen LogP contribution in [0.4, 0.5) is 0 Å². The maximum Gasteiger partial charge on any atom is 0.253 e. The second kappa shape index (κ2) is 7.63. The Bertz CT molecular complexity index is 774. The van der Waals surface area contributed by atoms with E-state index in [2.05, 4.69) is 10.5 Å². The highest BCUT2D eigenvalue weighted by molar-refractivity contribution is 5.95. The minimum atomic E-state index is -0.202. The van der Waals surface area contributed by atoms with Crippen LogP contribution in [0.15, 0.2) is 10.6 Å². The van der Waals surface area contributed by atoms with Crippen LogP contribution in [0.5, 0.6) is 0 Å². The van der Waals surface area contributed by atoms with Crippen LogP contribution < -0.4 is 5.32 Å². The predicted octanol–water partition coefficient (Wildman–Crippen LogP) is 2.35. The summed E-state index contributed by atoms with van der Waals surface area (Å²) >= 11 is 0. The normalized spacial score (nSPS) is 20.3. The van der Waals surface area contributed by atoms with Crippen molar-refractivity contribution in [3.05, 3.63) is 40.0 Å². The molecule has 7 heteroatoms. The van der Waals surface area contributed by atoms with Crippen molar-refractivity contribution in [2.45, 2.75) is 52.9 Å². The minimum absolute atomic E-state index is 0.0657. The number of aromatic nitrogens is 2. The highest BCUT2D eigenvalue weighted by Crippen LogP contribution is 2.19. The lowest BCUT2D eigenvalue weighted by atomic mass is 10.0. The molecule has 2 aromatic heterocycles. The summed E-state index contributed by atoms with van der Waals surface area (Å²) in [7, 11) is 1.96. The molecule has 0 bridgehead atoms. The summed E-state index contributed by atoms with van der Waals surface area (Å²) in [6.07, 6.45) is 0.523. The van der Waals surface area contributed by atoms with Crippen molar-refractivity contribution < 1.29 is 18.8 Å². The number of amides is 1. The Kier molecular flexibility index (Phi) is 5.48. The molecule has 0 radical (unpaired) electrons. The molecule has 1 N–H and O–H groups in total. The Hall–Kier alpha value is -2.12. The van der Waals surface area contributed by atoms with Crippen LogP contribution in [0, 0.1) is 27.7 Å². The smallest absolute Gasteiger partial charge is 0.253 e. The van der Waals surface area contributed by atoms with Crippen LogP contribution >= 0.6 is 0 Å². The van der Waals surface area contributed by atoms with Gasteiger partial charge in [-0.25, -0.2) is 0 Å². The van der Waals surface area contributed by atoms with E-state index in [9.17, 15) is 4.79 Å². The average molecular weight is 361 g/mol. The van der Waals surface area contributed by atoms with E-state index < -0.39 is 0 Å². The van der Waals surface area contributed by atoms with Gasteiger partial charge in [0.15, 0.2) is 0 Å². The summed E-state index contributed by atoms with van der Waals surface area (Å²) in [6.45, 7) is 9.18. The molecule has 142 valence electrons. The predicted molar refractivity (Wildman–Crippen MR) is 96.1 cm³/mol. The lowest BCUT2D eigenvalue weighted by Gasteiger charge is -2.32. The maximum atomic E-state index is 12.7. The van der Waals surface area contributed by atoms with Gasteiger partial charge >= 0.3 is 0 Å². The van der Waals surface area contributed by atoms with Gasteiger partial charge in [-0.3, -0.25) is 4.79 Å². The molecule has 1 aliphatic heterocycles. The molecule has 0 spiro atoms. The van der Waals surface area contributed by atoms with E-state index in [1.807, 2.05) is 45.4 Å². The van der Waals surface area contributed by atoms with Gasteiger partial charge in [-0.05, 0) is 40.2 Å². The summed E-state index contributed by atoms with van der Waals surface area (Å²) in [5, 5.41) is 7.08. The van der Waals surface area contributed by atoms with E-state index in [1.165, 1.54) is 0 Å². The molecular weight excluding hydrogens is 334 g/mol. The van der Waals surface area contributed by atoms with Gasteiger partial charge in [0.2, 0.25) is 0 Å². The zero-order chi connectivity index (χ0) is 18.8. The summed E-state index contributed by atoms with van der Waals surface area (Å²) in [4.78, 5) is 12.7. The Labute approximate surface area is 153 Å². The van der Waals surface area contributed by atoms with Gasteiger partial charge in [0.1, 0.15) is 11.9 Å². The molecule has 1 aliphatic rings. The molecule has 2 atom stereocenters. The SMILES string of the molecule is Cc1noc(C)c1CO[C@@H]1COCC[C@H]1NC(=O)c1cc(C)n(C)c1C. The lowest BCUT2D eigenvalue weighted by Crippen LogP contribution is -2.50. The molecule has 1 saturated heterocycles. The van der Waals surface area contributed by atoms with Gasteiger partial charge in [0.25, 0.3) is 5.91 Å². The van der Waals surface area contributed by atoms with Gasteiger partial charge < -0.3 is 23.9 Å². The number of carbonyl (C=O) groups is 1. The van der Waals surface area contributed by atoms with E-state index in [4.69, 9.17) is 14.0 Å². The first kappa shape index (κ1) is 18.7. The van der Waals surface area contributed by atoms with Gasteiger partial charge in [0, 0.05) is 30.6 Å². The third kappa shape index (κ3) is 3.68. The second-order valence-electron chi connectivity index (χ2n) is 6.94. The van der Waals surface area contributed by atoms with Crippen LogP contribution in [0.25, 0.3) is 0 Å². The van der Waals surface area contributed by atoms with Gasteiger partial charge in [-0.15, -0.1) is 0 Å². The molecule has 1 fully saturated rings. The van der Waals surface area contributed by atoms with Crippen molar-refractivity contribution in [2.75, 3.05) is 13.2 Å². The topological polar surface area (TPSA) is 78.5 Å². The van der Waals surface area contributed by atoms with Gasteiger partial charge in [-0.2, -0.15) is 0 Å². The van der Waals surface area contributed by atoms with Crippen LogP contribution in [-0.2, 0) is 23.1 Å². The minimum Gasteiger partial charge on any atom is -0.379 e. The number of nitrogens with zero attached hydrogens (tertiary/aromatic N) is 2. The molecule has 3 rings (SSSR count). The van der Waals surface area contributed by atoms with Gasteiger partial charge in [-0.1, -0.05) is 5.16 Å². The van der Waals surface area contributed by atoms with E-state index in [0.717, 1.165) is 34.8 Å². The quantitative estimate of drug-likeness (QED) is 0.884. The molecule has 2 aromatic rings. The summed E-state index contributed by atoms with van der Waals surface area (Å²) in [6, 6.07) is 1.83. The summed E-state index contributed by atoms with van der Waals surface area (Å²) in [5.74, 6) is 0.694. The fourth-order valence-electron chi connectivity index (χ4n) is 3.27. The fraction of sp³-hybridized carbons (Fsp3) is 0.579. The van der Waals surface area contributed by atoms with E-state index in [0.29, 0.717) is 25.4 Å². The molecule has 1 amide bonds. The van der Waals surface area contributed by atoms with Crippen molar-refractivity contribution >= 4 is 5.91 Å². The molecular formula is C19H27N3O4. The molecule has 0 aromatic carbocycles. The second-order valence-corrected chi connectivity index (χ2v) is 6.94. The van der Waals surface area contributed by atoms with E-state index in [1.54, 1.807) is 0 Å². The summed E-state index contributed by atoms with van der Waals surface area (Å²) < 4.78 is 18.8. The lowest BCUT2D eigenvalue weighted by molar-refractivity contribution is -0.0739. The zero-order valence-corrected chi connectivity index (χ0v) is 16.1. The highest BCUT2D eigenvalue weighted by atomic mass is 16.5. The van der Waals surface area contributed by atoms with Crippen LogP contribution in [0.2, 0.25) is 0 Å². The van der Waals surface area contributed by atoms with Crippen molar-refractivity contribution in [1.29, 1.82) is 0 Å². The van der Waals surface area contributed by atoms with Crippen LogP contribution in [0.1, 0.15) is 45.2 Å². The third-order valence-corrected chi connectivity index (χ3v) is 5.26. The molecule has 0 unspecified atom stereocenters. The number of carbonyl (C=O) groups excluding carboxylic acids is 1. The zero-order valence-electron chi connectivity index (χ0n) is 16.1. The molecule has 0 saturated carbocycles. The number of aryl methyl sites for hydroxylation is 3. The standard InChI is InChI=1S/C19H27N3O4/c1-11-8-15(13(3)22(11)5)19(23)20-17-6-7-24-10-18(17)25-9-16-12(2)21-26-14(16)4/h8,17-18H,6-7,9-10H2,1-5H3,(H,20,23)/t17-,18-/m1/s1.